The smallest absolute Gasteiger partial charge is 0.410 e. The quantitative estimate of drug-likeness (QED) is 0.754. The number of nitrogens with zero attached hydrogens (tertiary/aromatic N) is 2. The van der Waals surface area contributed by atoms with Crippen molar-refractivity contribution in [3.63, 3.8) is 0 Å². The summed E-state index contributed by atoms with van der Waals surface area (Å²) in [5.74, 6) is -0.140. The molecule has 2 amide bonds. The van der Waals surface area contributed by atoms with Crippen LogP contribution in [0.25, 0.3) is 0 Å². The van der Waals surface area contributed by atoms with Crippen molar-refractivity contribution in [3.05, 3.63) is 33.8 Å². The molecule has 0 aliphatic carbocycles. The van der Waals surface area contributed by atoms with E-state index in [9.17, 15) is 9.59 Å². The number of rotatable bonds is 1. The molecule has 5 nitrogen and oxygen atoms in total. The third-order valence-corrected chi connectivity index (χ3v) is 5.13. The van der Waals surface area contributed by atoms with Crippen molar-refractivity contribution in [2.75, 3.05) is 13.1 Å². The lowest BCUT2D eigenvalue weighted by Gasteiger charge is -2.35. The molecule has 1 aromatic carbocycles. The van der Waals surface area contributed by atoms with Crippen LogP contribution in [0.1, 0.15) is 37.6 Å². The third-order valence-electron chi connectivity index (χ3n) is 4.31. The number of hydrogen-bond donors (Lipinski definition) is 0. The van der Waals surface area contributed by atoms with E-state index in [2.05, 4.69) is 0 Å². The van der Waals surface area contributed by atoms with Gasteiger partial charge in [0, 0.05) is 13.1 Å². The van der Waals surface area contributed by atoms with Gasteiger partial charge in [-0.15, -0.1) is 0 Å². The minimum absolute atomic E-state index is 0.00763. The number of piperazine rings is 1. The highest BCUT2D eigenvalue weighted by Gasteiger charge is 2.48. The van der Waals surface area contributed by atoms with Crippen LogP contribution in [0.5, 0.6) is 0 Å². The molecule has 2 heterocycles. The molecule has 2 aliphatic rings. The molecule has 0 aromatic heterocycles. The highest BCUT2D eigenvalue weighted by Crippen LogP contribution is 2.35. The Bertz CT molecular complexity index is 687. The Labute approximate surface area is 151 Å². The first-order valence-corrected chi connectivity index (χ1v) is 8.67. The first kappa shape index (κ1) is 17.4. The fraction of sp³-hybridized carbons (Fsp3) is 0.529. The molecule has 2 aliphatic heterocycles. The van der Waals surface area contributed by atoms with Crippen molar-refractivity contribution in [2.24, 2.45) is 0 Å². The fourth-order valence-electron chi connectivity index (χ4n) is 3.28. The maximum atomic E-state index is 12.8. The van der Waals surface area contributed by atoms with Crippen LogP contribution in [-0.2, 0) is 4.74 Å². The average Bonchev–Trinajstić information content (AvgIpc) is 3.08. The van der Waals surface area contributed by atoms with Gasteiger partial charge in [0.15, 0.2) is 0 Å². The Kier molecular flexibility index (Phi) is 4.43. The van der Waals surface area contributed by atoms with E-state index in [-0.39, 0.29) is 29.1 Å². The zero-order valence-electron chi connectivity index (χ0n) is 13.9. The maximum Gasteiger partial charge on any atom is 0.410 e. The van der Waals surface area contributed by atoms with Gasteiger partial charge in [-0.1, -0.05) is 29.3 Å². The molecule has 2 saturated heterocycles. The number of carbonyl (C=O) groups excluding carboxylic acids is 2. The zero-order valence-corrected chi connectivity index (χ0v) is 15.4. The lowest BCUT2D eigenvalue weighted by atomic mass is 10.1. The number of hydrogen-bond acceptors (Lipinski definition) is 3. The number of carbonyl (C=O) groups is 2. The molecular weight excluding hydrogens is 351 g/mol. The molecule has 0 N–H and O–H groups in total. The molecule has 130 valence electrons. The van der Waals surface area contributed by atoms with Crippen LogP contribution in [-0.4, -0.2) is 52.6 Å². The van der Waals surface area contributed by atoms with Crippen LogP contribution in [0, 0.1) is 0 Å². The topological polar surface area (TPSA) is 49.9 Å². The van der Waals surface area contributed by atoms with Crippen molar-refractivity contribution in [3.8, 4) is 0 Å². The summed E-state index contributed by atoms with van der Waals surface area (Å²) in [6, 6.07) is 5.02. The first-order valence-electron chi connectivity index (χ1n) is 7.92. The highest BCUT2D eigenvalue weighted by atomic mass is 35.5. The molecule has 2 atom stereocenters. The molecule has 0 saturated carbocycles. The summed E-state index contributed by atoms with van der Waals surface area (Å²) in [6.45, 7) is 6.51. The zero-order chi connectivity index (χ0) is 17.6. The van der Waals surface area contributed by atoms with Crippen LogP contribution < -0.4 is 0 Å². The van der Waals surface area contributed by atoms with Gasteiger partial charge in [-0.25, -0.2) is 4.79 Å². The lowest BCUT2D eigenvalue weighted by Crippen LogP contribution is -2.51. The van der Waals surface area contributed by atoms with Crippen LogP contribution in [0.3, 0.4) is 0 Å². The number of likely N-dealkylation sites (tertiary alicyclic amines) is 2. The standard InChI is InChI=1S/C17H20Cl2N2O3/c1-17(2,3)24-16(23)21-9-10-7-11(21)8-20(10)15(22)12-5-4-6-13(18)14(12)19/h4-6,10-11H,7-9H2,1-3H3/t10-,11-/m0/s1. The molecule has 0 unspecified atom stereocenters. The van der Waals surface area contributed by atoms with Crippen molar-refractivity contribution < 1.29 is 14.3 Å². The van der Waals surface area contributed by atoms with Crippen molar-refractivity contribution in [2.45, 2.75) is 44.9 Å². The van der Waals surface area contributed by atoms with Crippen LogP contribution >= 0.6 is 23.2 Å². The van der Waals surface area contributed by atoms with Crippen LogP contribution in [0.4, 0.5) is 4.79 Å². The second-order valence-corrected chi connectivity index (χ2v) is 8.02. The number of fused-ring (bicyclic) bond motifs is 2. The molecule has 7 heteroatoms. The number of amides is 2. The normalized spacial score (nSPS) is 22.9. The van der Waals surface area contributed by atoms with Gasteiger partial charge in [0.2, 0.25) is 0 Å². The minimum atomic E-state index is -0.525. The fourth-order valence-corrected chi connectivity index (χ4v) is 3.66. The van der Waals surface area contributed by atoms with Gasteiger partial charge in [-0.3, -0.25) is 4.79 Å². The predicted molar refractivity (Wildman–Crippen MR) is 92.6 cm³/mol. The summed E-state index contributed by atoms with van der Waals surface area (Å²) in [7, 11) is 0. The van der Waals surface area contributed by atoms with E-state index in [0.29, 0.717) is 23.7 Å². The molecule has 3 rings (SSSR count). The molecule has 0 spiro atoms. The monoisotopic (exact) mass is 370 g/mol. The largest absolute Gasteiger partial charge is 0.444 e. The Morgan fingerprint density at radius 1 is 1.12 bits per heavy atom. The van der Waals surface area contributed by atoms with Crippen molar-refractivity contribution in [1.29, 1.82) is 0 Å². The summed E-state index contributed by atoms with van der Waals surface area (Å²) in [5.41, 5.74) is -0.122. The summed E-state index contributed by atoms with van der Waals surface area (Å²) >= 11 is 12.2. The van der Waals surface area contributed by atoms with E-state index in [1.165, 1.54) is 0 Å². The van der Waals surface area contributed by atoms with Gasteiger partial charge in [-0.05, 0) is 39.3 Å². The Morgan fingerprint density at radius 3 is 2.33 bits per heavy atom. The second-order valence-electron chi connectivity index (χ2n) is 7.23. The van der Waals surface area contributed by atoms with E-state index < -0.39 is 5.60 Å². The number of halogens is 2. The van der Waals surface area contributed by atoms with Gasteiger partial charge >= 0.3 is 6.09 Å². The summed E-state index contributed by atoms with van der Waals surface area (Å²) in [4.78, 5) is 28.5. The van der Waals surface area contributed by atoms with Gasteiger partial charge in [-0.2, -0.15) is 0 Å². The van der Waals surface area contributed by atoms with Gasteiger partial charge in [0.05, 0.1) is 27.7 Å². The molecule has 2 bridgehead atoms. The molecule has 24 heavy (non-hydrogen) atoms. The van der Waals surface area contributed by atoms with E-state index in [0.717, 1.165) is 6.42 Å². The van der Waals surface area contributed by atoms with Gasteiger partial charge in [0.25, 0.3) is 5.91 Å². The summed E-state index contributed by atoms with van der Waals surface area (Å²) in [6.07, 6.45) is 0.450. The SMILES string of the molecule is CC(C)(C)OC(=O)N1C[C@@H]2C[C@H]1CN2C(=O)c1cccc(Cl)c1Cl. The predicted octanol–water partition coefficient (Wildman–Crippen LogP) is 3.83. The number of ether oxygens (including phenoxy) is 1. The number of benzene rings is 1. The Hall–Kier alpha value is -1.46. The highest BCUT2D eigenvalue weighted by molar-refractivity contribution is 6.43. The van der Waals surface area contributed by atoms with E-state index in [4.69, 9.17) is 27.9 Å². The third kappa shape index (κ3) is 3.20. The molecular formula is C17H20Cl2N2O3. The lowest BCUT2D eigenvalue weighted by molar-refractivity contribution is 0.0126. The average molecular weight is 371 g/mol. The summed E-state index contributed by atoms with van der Waals surface area (Å²) in [5, 5.41) is 0.637. The molecule has 2 fully saturated rings. The van der Waals surface area contributed by atoms with E-state index in [1.54, 1.807) is 28.0 Å². The minimum Gasteiger partial charge on any atom is -0.444 e. The Balaban J connectivity index is 1.70. The van der Waals surface area contributed by atoms with E-state index >= 15 is 0 Å². The molecule has 1 aromatic rings. The Morgan fingerprint density at radius 2 is 1.75 bits per heavy atom. The maximum absolute atomic E-state index is 12.8. The van der Waals surface area contributed by atoms with Gasteiger partial charge in [0.1, 0.15) is 5.60 Å². The van der Waals surface area contributed by atoms with Crippen molar-refractivity contribution >= 4 is 35.2 Å². The summed E-state index contributed by atoms with van der Waals surface area (Å²) < 4.78 is 5.43. The first-order chi connectivity index (χ1) is 11.2. The second kappa shape index (κ2) is 6.12. The van der Waals surface area contributed by atoms with E-state index in [1.807, 2.05) is 20.8 Å². The van der Waals surface area contributed by atoms with Crippen LogP contribution in [0.2, 0.25) is 10.0 Å². The van der Waals surface area contributed by atoms with Crippen molar-refractivity contribution in [1.82, 2.24) is 9.80 Å². The molecule has 0 radical (unpaired) electrons. The van der Waals surface area contributed by atoms with Crippen LogP contribution in [0.15, 0.2) is 18.2 Å². The van der Waals surface area contributed by atoms with Gasteiger partial charge < -0.3 is 14.5 Å².